The van der Waals surface area contributed by atoms with Crippen LogP contribution in [0.4, 0.5) is 0 Å². The standard InChI is InChI=1S/C9H22N2O6S2/c1-18(13,14)10-4-2-5-11(7-8-12)6-3-9-19(15,16)17/h10,12H,2-9H2,1H3,(H,15,16,17). The first-order chi connectivity index (χ1) is 8.64. The highest BCUT2D eigenvalue weighted by Crippen LogP contribution is 1.96. The molecule has 10 heteroatoms. The van der Waals surface area contributed by atoms with Gasteiger partial charge in [-0.25, -0.2) is 13.1 Å². The van der Waals surface area contributed by atoms with E-state index in [1.807, 2.05) is 4.90 Å². The molecule has 0 amide bonds. The van der Waals surface area contributed by atoms with Crippen LogP contribution < -0.4 is 4.72 Å². The maximum absolute atomic E-state index is 10.8. The van der Waals surface area contributed by atoms with E-state index < -0.39 is 20.1 Å². The van der Waals surface area contributed by atoms with Crippen LogP contribution in [0.3, 0.4) is 0 Å². The summed E-state index contributed by atoms with van der Waals surface area (Å²) in [6, 6.07) is 0. The van der Waals surface area contributed by atoms with E-state index in [2.05, 4.69) is 4.72 Å². The Morgan fingerprint density at radius 3 is 2.11 bits per heavy atom. The van der Waals surface area contributed by atoms with E-state index in [-0.39, 0.29) is 18.8 Å². The lowest BCUT2D eigenvalue weighted by Crippen LogP contribution is -2.32. The van der Waals surface area contributed by atoms with Crippen molar-refractivity contribution in [3.8, 4) is 0 Å². The van der Waals surface area contributed by atoms with Gasteiger partial charge in [0, 0.05) is 13.1 Å². The van der Waals surface area contributed by atoms with Crippen molar-refractivity contribution in [3.63, 3.8) is 0 Å². The summed E-state index contributed by atoms with van der Waals surface area (Å²) >= 11 is 0. The first kappa shape index (κ1) is 18.7. The van der Waals surface area contributed by atoms with Gasteiger partial charge in [0.15, 0.2) is 0 Å². The number of hydrogen-bond acceptors (Lipinski definition) is 6. The van der Waals surface area contributed by atoms with Gasteiger partial charge >= 0.3 is 0 Å². The molecule has 0 heterocycles. The number of hydrogen-bond donors (Lipinski definition) is 3. The summed E-state index contributed by atoms with van der Waals surface area (Å²) in [6.45, 7) is 1.56. The molecule has 0 aliphatic rings. The molecule has 8 nitrogen and oxygen atoms in total. The molecule has 0 saturated heterocycles. The van der Waals surface area contributed by atoms with Gasteiger partial charge in [0.25, 0.3) is 10.1 Å². The quantitative estimate of drug-likeness (QED) is 0.313. The first-order valence-electron chi connectivity index (χ1n) is 5.87. The van der Waals surface area contributed by atoms with Crippen molar-refractivity contribution in [2.24, 2.45) is 0 Å². The number of aliphatic hydroxyl groups excluding tert-OH is 1. The van der Waals surface area contributed by atoms with Crippen LogP contribution in [0.25, 0.3) is 0 Å². The lowest BCUT2D eigenvalue weighted by atomic mass is 10.3. The molecule has 0 aromatic carbocycles. The molecular formula is C9H22N2O6S2. The van der Waals surface area contributed by atoms with Crippen molar-refractivity contribution >= 4 is 20.1 Å². The zero-order valence-corrected chi connectivity index (χ0v) is 12.6. The second-order valence-corrected chi connectivity index (χ2v) is 7.63. The second kappa shape index (κ2) is 8.82. The Bertz CT molecular complexity index is 434. The van der Waals surface area contributed by atoms with Crippen molar-refractivity contribution in [2.45, 2.75) is 12.8 Å². The van der Waals surface area contributed by atoms with E-state index in [0.717, 1.165) is 6.26 Å². The summed E-state index contributed by atoms with van der Waals surface area (Å²) in [5.74, 6) is -0.323. The largest absolute Gasteiger partial charge is 0.395 e. The fourth-order valence-corrected chi connectivity index (χ4v) is 2.52. The Kier molecular flexibility index (Phi) is 8.70. The van der Waals surface area contributed by atoms with E-state index in [1.54, 1.807) is 0 Å². The predicted molar refractivity (Wildman–Crippen MR) is 72.0 cm³/mol. The molecule has 0 aliphatic heterocycles. The Morgan fingerprint density at radius 1 is 1.05 bits per heavy atom. The molecule has 116 valence electrons. The van der Waals surface area contributed by atoms with E-state index >= 15 is 0 Å². The van der Waals surface area contributed by atoms with Crippen molar-refractivity contribution in [2.75, 3.05) is 44.8 Å². The third kappa shape index (κ3) is 14.0. The Balaban J connectivity index is 3.92. The van der Waals surface area contributed by atoms with Crippen molar-refractivity contribution < 1.29 is 26.5 Å². The molecule has 0 atom stereocenters. The van der Waals surface area contributed by atoms with Crippen LogP contribution in [0, 0.1) is 0 Å². The zero-order valence-electron chi connectivity index (χ0n) is 10.9. The minimum atomic E-state index is -3.96. The second-order valence-electron chi connectivity index (χ2n) is 4.22. The normalized spacial score (nSPS) is 13.1. The molecule has 0 unspecified atom stereocenters. The van der Waals surface area contributed by atoms with Crippen LogP contribution in [-0.2, 0) is 20.1 Å². The molecular weight excluding hydrogens is 296 g/mol. The Labute approximate surface area is 114 Å². The van der Waals surface area contributed by atoms with Crippen molar-refractivity contribution in [1.82, 2.24) is 9.62 Å². The lowest BCUT2D eigenvalue weighted by molar-refractivity contribution is 0.195. The van der Waals surface area contributed by atoms with Crippen LogP contribution in [0.1, 0.15) is 12.8 Å². The third-order valence-corrected chi connectivity index (χ3v) is 3.84. The fraction of sp³-hybridized carbons (Fsp3) is 1.00. The number of nitrogens with one attached hydrogen (secondary N) is 1. The molecule has 0 aromatic heterocycles. The predicted octanol–water partition coefficient (Wildman–Crippen LogP) is -1.50. The molecule has 0 spiro atoms. The van der Waals surface area contributed by atoms with Crippen LogP contribution in [0.15, 0.2) is 0 Å². The highest BCUT2D eigenvalue weighted by atomic mass is 32.2. The van der Waals surface area contributed by atoms with Gasteiger partial charge in [-0.3, -0.25) is 4.55 Å². The molecule has 0 aliphatic carbocycles. The number of nitrogens with zero attached hydrogens (tertiary/aromatic N) is 1. The molecule has 0 fully saturated rings. The van der Waals surface area contributed by atoms with Gasteiger partial charge in [-0.1, -0.05) is 0 Å². The van der Waals surface area contributed by atoms with Crippen LogP contribution in [0.5, 0.6) is 0 Å². The maximum Gasteiger partial charge on any atom is 0.264 e. The zero-order chi connectivity index (χ0) is 14.9. The molecule has 19 heavy (non-hydrogen) atoms. The van der Waals surface area contributed by atoms with Gasteiger partial charge in [-0.15, -0.1) is 0 Å². The molecule has 0 bridgehead atoms. The molecule has 0 rings (SSSR count). The molecule has 0 aromatic rings. The lowest BCUT2D eigenvalue weighted by Gasteiger charge is -2.20. The number of rotatable bonds is 11. The Hall–Kier alpha value is -0.260. The summed E-state index contributed by atoms with van der Waals surface area (Å²) in [7, 11) is -7.16. The van der Waals surface area contributed by atoms with Gasteiger partial charge in [-0.2, -0.15) is 8.42 Å². The maximum atomic E-state index is 10.8. The van der Waals surface area contributed by atoms with E-state index in [4.69, 9.17) is 9.66 Å². The van der Waals surface area contributed by atoms with Gasteiger partial charge in [0.05, 0.1) is 18.6 Å². The highest BCUT2D eigenvalue weighted by Gasteiger charge is 2.08. The van der Waals surface area contributed by atoms with Gasteiger partial charge in [0.1, 0.15) is 0 Å². The molecule has 0 saturated carbocycles. The summed E-state index contributed by atoms with van der Waals surface area (Å²) in [5, 5.41) is 8.86. The van der Waals surface area contributed by atoms with E-state index in [9.17, 15) is 16.8 Å². The summed E-state index contributed by atoms with van der Waals surface area (Å²) in [6.07, 6.45) is 1.89. The highest BCUT2D eigenvalue weighted by molar-refractivity contribution is 7.88. The van der Waals surface area contributed by atoms with Gasteiger partial charge < -0.3 is 10.0 Å². The fourth-order valence-electron chi connectivity index (χ4n) is 1.51. The van der Waals surface area contributed by atoms with E-state index in [0.29, 0.717) is 32.6 Å². The van der Waals surface area contributed by atoms with Gasteiger partial charge in [0.2, 0.25) is 10.0 Å². The summed E-state index contributed by atoms with van der Waals surface area (Å²) in [5.41, 5.74) is 0. The summed E-state index contributed by atoms with van der Waals surface area (Å²) < 4.78 is 53.7. The third-order valence-electron chi connectivity index (χ3n) is 2.31. The van der Waals surface area contributed by atoms with Gasteiger partial charge in [-0.05, 0) is 25.9 Å². The topological polar surface area (TPSA) is 124 Å². The Morgan fingerprint density at radius 2 is 1.63 bits per heavy atom. The number of aliphatic hydroxyl groups is 1. The van der Waals surface area contributed by atoms with Crippen LogP contribution >= 0.6 is 0 Å². The van der Waals surface area contributed by atoms with Crippen molar-refractivity contribution in [1.29, 1.82) is 0 Å². The van der Waals surface area contributed by atoms with Crippen molar-refractivity contribution in [3.05, 3.63) is 0 Å². The first-order valence-corrected chi connectivity index (χ1v) is 9.37. The van der Waals surface area contributed by atoms with Crippen LogP contribution in [-0.4, -0.2) is 76.2 Å². The number of sulfonamides is 1. The van der Waals surface area contributed by atoms with Crippen LogP contribution in [0.2, 0.25) is 0 Å². The minimum absolute atomic E-state index is 0.0641. The van der Waals surface area contributed by atoms with E-state index in [1.165, 1.54) is 0 Å². The smallest absolute Gasteiger partial charge is 0.264 e. The SMILES string of the molecule is CS(=O)(=O)NCCCN(CCO)CCCS(=O)(=O)O. The minimum Gasteiger partial charge on any atom is -0.395 e. The average Bonchev–Trinajstić information content (AvgIpc) is 2.21. The summed E-state index contributed by atoms with van der Waals surface area (Å²) in [4.78, 5) is 1.81. The molecule has 3 N–H and O–H groups in total. The monoisotopic (exact) mass is 318 g/mol. The molecule has 0 radical (unpaired) electrons. The average molecular weight is 318 g/mol.